The van der Waals surface area contributed by atoms with Crippen LogP contribution in [0.2, 0.25) is 0 Å². The van der Waals surface area contributed by atoms with Crippen molar-refractivity contribution >= 4 is 39.0 Å². The summed E-state index contributed by atoms with van der Waals surface area (Å²) in [7, 11) is 16.1. The number of carboxylic acids is 2. The van der Waals surface area contributed by atoms with E-state index in [-0.39, 0.29) is 40.8 Å². The molecule has 0 radical (unpaired) electrons. The molecule has 0 atom stereocenters. The van der Waals surface area contributed by atoms with E-state index in [1.54, 1.807) is 0 Å². The standard InChI is InChI=1S/2C11H18N2P.2C2H4O2.2Pd/c2*1-10-8-6-7-9-11(10)14(12(2)3)13(4)5;2*1-2(3)4;;/h2*6-9H,1H2,2-5H3;2*1H3,(H,3,4);;/q2*-1;;;;. The average Bonchev–Trinajstić information content (AvgIpc) is 2.70. The minimum absolute atomic E-state index is 0. The fourth-order valence-corrected chi connectivity index (χ4v) is 7.25. The van der Waals surface area contributed by atoms with Gasteiger partial charge in [0.25, 0.3) is 11.9 Å². The zero-order valence-corrected chi connectivity index (χ0v) is 29.0. The van der Waals surface area contributed by atoms with Crippen LogP contribution in [0.1, 0.15) is 25.0 Å². The summed E-state index contributed by atoms with van der Waals surface area (Å²) in [5, 5.41) is 17.5. The van der Waals surface area contributed by atoms with Crippen molar-refractivity contribution < 1.29 is 60.6 Å². The zero-order chi connectivity index (χ0) is 28.6. The van der Waals surface area contributed by atoms with Gasteiger partial charge in [-0.25, -0.2) is 0 Å². The molecule has 2 aromatic carbocycles. The Kier molecular flexibility index (Phi) is 27.9. The fourth-order valence-electron chi connectivity index (χ4n) is 2.99. The molecule has 0 heterocycles. The monoisotopic (exact) mass is 750 g/mol. The van der Waals surface area contributed by atoms with Gasteiger partial charge in [-0.05, 0) is 56.4 Å². The Morgan fingerprint density at radius 2 is 0.763 bits per heavy atom. The van der Waals surface area contributed by atoms with E-state index in [9.17, 15) is 0 Å². The third-order valence-corrected chi connectivity index (χ3v) is 8.70. The Morgan fingerprint density at radius 3 is 0.921 bits per heavy atom. The molecule has 8 nitrogen and oxygen atoms in total. The van der Waals surface area contributed by atoms with Crippen molar-refractivity contribution in [1.29, 1.82) is 0 Å². The van der Waals surface area contributed by atoms with Crippen molar-refractivity contribution in [2.24, 2.45) is 0 Å². The molecule has 0 saturated heterocycles. The molecule has 2 N–H and O–H groups in total. The second-order valence-corrected chi connectivity index (χ2v) is 13.6. The third-order valence-electron chi connectivity index (χ3n) is 3.93. The van der Waals surface area contributed by atoms with Gasteiger partial charge in [0.05, 0.1) is 0 Å². The van der Waals surface area contributed by atoms with Crippen molar-refractivity contribution in [3.8, 4) is 0 Å². The number of hydrogen-bond donors (Lipinski definition) is 2. The normalized spacial score (nSPS) is 9.89. The largest absolute Gasteiger partial charge is 0.481 e. The summed E-state index contributed by atoms with van der Waals surface area (Å²) in [4.78, 5) is 18.0. The summed E-state index contributed by atoms with van der Waals surface area (Å²) in [5.41, 5.74) is 2.25. The van der Waals surface area contributed by atoms with E-state index in [2.05, 4.69) is 125 Å². The summed E-state index contributed by atoms with van der Waals surface area (Å²) in [6, 6.07) is 16.7. The van der Waals surface area contributed by atoms with Crippen molar-refractivity contribution in [3.05, 3.63) is 73.5 Å². The van der Waals surface area contributed by atoms with Crippen LogP contribution >= 0.6 is 16.4 Å². The van der Waals surface area contributed by atoms with Gasteiger partial charge >= 0.3 is 0 Å². The summed E-state index contributed by atoms with van der Waals surface area (Å²) >= 11 is 0. The molecule has 224 valence electrons. The predicted molar refractivity (Wildman–Crippen MR) is 156 cm³/mol. The van der Waals surface area contributed by atoms with Crippen LogP contribution in [0.3, 0.4) is 0 Å². The quantitative estimate of drug-likeness (QED) is 0.260. The van der Waals surface area contributed by atoms with Gasteiger partial charge in [0.2, 0.25) is 0 Å². The van der Waals surface area contributed by atoms with Gasteiger partial charge in [-0.2, -0.15) is 37.1 Å². The number of aliphatic carboxylic acids is 2. The van der Waals surface area contributed by atoms with Gasteiger partial charge in [-0.3, -0.25) is 28.3 Å². The van der Waals surface area contributed by atoms with Crippen LogP contribution < -0.4 is 10.6 Å². The van der Waals surface area contributed by atoms with Crippen molar-refractivity contribution in [2.45, 2.75) is 13.8 Å². The van der Waals surface area contributed by atoms with Crippen LogP contribution in [0.4, 0.5) is 0 Å². The third kappa shape index (κ3) is 20.1. The van der Waals surface area contributed by atoms with Crippen LogP contribution in [0, 0.1) is 13.8 Å². The van der Waals surface area contributed by atoms with Crippen LogP contribution in [-0.4, -0.2) is 97.2 Å². The molecule has 0 aliphatic carbocycles. The Bertz CT molecular complexity index is 823. The summed E-state index contributed by atoms with van der Waals surface area (Å²) < 4.78 is 9.00. The topological polar surface area (TPSA) is 87.6 Å². The van der Waals surface area contributed by atoms with Gasteiger partial charge in [0.15, 0.2) is 0 Å². The van der Waals surface area contributed by atoms with E-state index >= 15 is 0 Å². The minimum atomic E-state index is -0.833. The van der Waals surface area contributed by atoms with E-state index in [1.807, 2.05) is 12.1 Å². The van der Waals surface area contributed by atoms with Crippen LogP contribution in [-0.2, 0) is 50.4 Å². The first-order chi connectivity index (χ1) is 16.5. The minimum Gasteiger partial charge on any atom is -0.481 e. The second kappa shape index (κ2) is 24.0. The molecule has 0 spiro atoms. The van der Waals surface area contributed by atoms with Crippen molar-refractivity contribution in [1.82, 2.24) is 18.7 Å². The van der Waals surface area contributed by atoms with Crippen LogP contribution in [0.15, 0.2) is 48.5 Å². The van der Waals surface area contributed by atoms with E-state index in [0.29, 0.717) is 0 Å². The van der Waals surface area contributed by atoms with E-state index in [4.69, 9.17) is 19.8 Å². The molecule has 0 bridgehead atoms. The van der Waals surface area contributed by atoms with Crippen molar-refractivity contribution in [3.63, 3.8) is 0 Å². The predicted octanol–water partition coefficient (Wildman–Crippen LogP) is 4.04. The van der Waals surface area contributed by atoms with Gasteiger partial charge in [-0.15, -0.1) is 24.3 Å². The zero-order valence-electron chi connectivity index (χ0n) is 24.1. The first-order valence-corrected chi connectivity index (χ1v) is 13.5. The number of benzene rings is 2. The van der Waals surface area contributed by atoms with Crippen molar-refractivity contribution in [2.75, 3.05) is 56.4 Å². The Hall–Kier alpha value is -0.855. The molecule has 38 heavy (non-hydrogen) atoms. The molecular weight excluding hydrogens is 707 g/mol. The molecule has 2 rings (SSSR count). The maximum Gasteiger partial charge on any atom is 0.300 e. The molecule has 0 aliphatic heterocycles. The van der Waals surface area contributed by atoms with E-state index < -0.39 is 28.4 Å². The Morgan fingerprint density at radius 1 is 0.579 bits per heavy atom. The first kappa shape index (κ1) is 44.2. The van der Waals surface area contributed by atoms with Gasteiger partial charge in [0.1, 0.15) is 0 Å². The van der Waals surface area contributed by atoms with E-state index in [0.717, 1.165) is 25.0 Å². The number of rotatable bonds is 6. The molecule has 0 aliphatic rings. The Labute approximate surface area is 260 Å². The average molecular weight is 751 g/mol. The van der Waals surface area contributed by atoms with Gasteiger partial charge < -0.3 is 10.2 Å². The molecular formula is C26H44N4O4P2Pd2-2. The van der Waals surface area contributed by atoms with Crippen LogP contribution in [0.25, 0.3) is 0 Å². The number of nitrogens with zero attached hydrogens (tertiary/aromatic N) is 4. The molecule has 0 amide bonds. The molecule has 12 heteroatoms. The smallest absolute Gasteiger partial charge is 0.300 e. The molecule has 0 unspecified atom stereocenters. The summed E-state index contributed by atoms with van der Waals surface area (Å²) in [6.07, 6.45) is 0. The summed E-state index contributed by atoms with van der Waals surface area (Å²) in [6.45, 7) is 10.3. The summed E-state index contributed by atoms with van der Waals surface area (Å²) in [5.74, 6) is -1.67. The van der Waals surface area contributed by atoms with Gasteiger partial charge in [0, 0.05) is 71.1 Å². The number of carbonyl (C=O) groups is 2. The fraction of sp³-hybridized carbons (Fsp3) is 0.385. The number of carboxylic acid groups (broad SMARTS) is 2. The first-order valence-electron chi connectivity index (χ1n) is 11.0. The SMILES string of the molecule is CC(=O)O.CC(=O)O.[CH2-]c1ccccc1P(N(C)C)N(C)C.[CH2-]c1ccccc1P(N(C)C)N(C)C.[Pd].[Pd]. The van der Waals surface area contributed by atoms with Gasteiger partial charge in [-0.1, -0.05) is 22.7 Å². The second-order valence-electron chi connectivity index (χ2n) is 8.26. The molecule has 0 saturated carbocycles. The maximum atomic E-state index is 9.00. The maximum absolute atomic E-state index is 9.00. The van der Waals surface area contributed by atoms with E-state index in [1.165, 1.54) is 10.6 Å². The molecule has 0 fully saturated rings. The number of hydrogen-bond acceptors (Lipinski definition) is 6. The Balaban J connectivity index is -0.000000228. The molecule has 2 aromatic rings. The van der Waals surface area contributed by atoms with Crippen LogP contribution in [0.5, 0.6) is 0 Å². The molecule has 0 aromatic heterocycles.